The molecular formula is C14H14N2O2. The van der Waals surface area contributed by atoms with E-state index in [1.165, 1.54) is 0 Å². The average molecular weight is 242 g/mol. The van der Waals surface area contributed by atoms with Gasteiger partial charge in [-0.1, -0.05) is 12.1 Å². The molecule has 1 aromatic heterocycles. The highest BCUT2D eigenvalue weighted by Gasteiger charge is 2.52. The van der Waals surface area contributed by atoms with E-state index in [2.05, 4.69) is 4.98 Å². The van der Waals surface area contributed by atoms with E-state index >= 15 is 0 Å². The molecule has 0 amide bonds. The number of carboxylic acids is 1. The number of carboxylic acid groups (broad SMARTS) is 1. The number of fused-ring (bicyclic) bond motifs is 1. The summed E-state index contributed by atoms with van der Waals surface area (Å²) in [4.78, 5) is 15.3. The van der Waals surface area contributed by atoms with Crippen LogP contribution in [0.15, 0.2) is 36.5 Å². The second kappa shape index (κ2) is 3.78. The highest BCUT2D eigenvalue weighted by atomic mass is 16.4. The van der Waals surface area contributed by atoms with Gasteiger partial charge in [-0.05, 0) is 36.6 Å². The SMILES string of the molecule is NC(C(=O)O)C1(c2ccc3ncccc3c2)CC1. The molecule has 1 unspecified atom stereocenters. The van der Waals surface area contributed by atoms with Crippen LogP contribution in [0.4, 0.5) is 0 Å². The van der Waals surface area contributed by atoms with Crippen LogP contribution in [0.2, 0.25) is 0 Å². The zero-order valence-corrected chi connectivity index (χ0v) is 9.84. The summed E-state index contributed by atoms with van der Waals surface area (Å²) >= 11 is 0. The number of nitrogens with zero attached hydrogens (tertiary/aromatic N) is 1. The van der Waals surface area contributed by atoms with Gasteiger partial charge in [0.1, 0.15) is 6.04 Å². The minimum atomic E-state index is -0.932. The molecule has 18 heavy (non-hydrogen) atoms. The molecule has 2 aromatic rings. The molecule has 1 aromatic carbocycles. The Labute approximate surface area is 104 Å². The Hall–Kier alpha value is -1.94. The van der Waals surface area contributed by atoms with Gasteiger partial charge in [-0.15, -0.1) is 0 Å². The first kappa shape index (κ1) is 11.2. The summed E-state index contributed by atoms with van der Waals surface area (Å²) < 4.78 is 0. The summed E-state index contributed by atoms with van der Waals surface area (Å²) in [6.45, 7) is 0. The molecule has 0 saturated heterocycles. The van der Waals surface area contributed by atoms with Gasteiger partial charge in [0, 0.05) is 17.0 Å². The van der Waals surface area contributed by atoms with Gasteiger partial charge < -0.3 is 10.8 Å². The topological polar surface area (TPSA) is 76.2 Å². The van der Waals surface area contributed by atoms with E-state index in [1.807, 2.05) is 30.3 Å². The number of benzene rings is 1. The van der Waals surface area contributed by atoms with Crippen LogP contribution in [0.3, 0.4) is 0 Å². The van der Waals surface area contributed by atoms with Gasteiger partial charge in [0.25, 0.3) is 0 Å². The van der Waals surface area contributed by atoms with E-state index in [4.69, 9.17) is 10.8 Å². The van der Waals surface area contributed by atoms with Crippen LogP contribution in [0.1, 0.15) is 18.4 Å². The third-order valence-electron chi connectivity index (χ3n) is 3.83. The first-order valence-electron chi connectivity index (χ1n) is 5.97. The molecule has 1 heterocycles. The maximum Gasteiger partial charge on any atom is 0.321 e. The van der Waals surface area contributed by atoms with Crippen molar-refractivity contribution in [3.05, 3.63) is 42.1 Å². The Bertz CT molecular complexity index is 620. The largest absolute Gasteiger partial charge is 0.480 e. The standard InChI is InChI=1S/C14H14N2O2/c15-12(13(17)18)14(5-6-14)10-3-4-11-9(8-10)2-1-7-16-11/h1-4,7-8,12H,5-6,15H2,(H,17,18). The van der Waals surface area contributed by atoms with E-state index < -0.39 is 12.0 Å². The maximum atomic E-state index is 11.1. The first-order valence-corrected chi connectivity index (χ1v) is 5.97. The van der Waals surface area contributed by atoms with Crippen molar-refractivity contribution in [1.82, 2.24) is 4.98 Å². The monoisotopic (exact) mass is 242 g/mol. The van der Waals surface area contributed by atoms with Crippen molar-refractivity contribution in [2.75, 3.05) is 0 Å². The second-order valence-corrected chi connectivity index (χ2v) is 4.88. The van der Waals surface area contributed by atoms with Crippen LogP contribution >= 0.6 is 0 Å². The van der Waals surface area contributed by atoms with Crippen molar-refractivity contribution in [3.63, 3.8) is 0 Å². The highest BCUT2D eigenvalue weighted by molar-refractivity contribution is 5.81. The van der Waals surface area contributed by atoms with Crippen LogP contribution in [-0.4, -0.2) is 22.1 Å². The average Bonchev–Trinajstić information content (AvgIpc) is 3.18. The Kier molecular flexibility index (Phi) is 2.35. The zero-order chi connectivity index (χ0) is 12.8. The van der Waals surface area contributed by atoms with Gasteiger partial charge in [-0.25, -0.2) is 0 Å². The molecule has 1 aliphatic rings. The number of carbonyl (C=O) groups is 1. The van der Waals surface area contributed by atoms with Crippen LogP contribution < -0.4 is 5.73 Å². The highest BCUT2D eigenvalue weighted by Crippen LogP contribution is 2.50. The van der Waals surface area contributed by atoms with Crippen LogP contribution in [0.25, 0.3) is 10.9 Å². The molecule has 1 fully saturated rings. The number of aromatic nitrogens is 1. The van der Waals surface area contributed by atoms with Gasteiger partial charge in [-0.3, -0.25) is 9.78 Å². The lowest BCUT2D eigenvalue weighted by atomic mass is 9.88. The van der Waals surface area contributed by atoms with E-state index in [0.29, 0.717) is 0 Å². The molecule has 4 nitrogen and oxygen atoms in total. The number of aliphatic carboxylic acids is 1. The Morgan fingerprint density at radius 2 is 2.17 bits per heavy atom. The summed E-state index contributed by atoms with van der Waals surface area (Å²) in [5.41, 5.74) is 7.37. The van der Waals surface area contributed by atoms with Crippen molar-refractivity contribution in [2.24, 2.45) is 5.73 Å². The van der Waals surface area contributed by atoms with Crippen LogP contribution in [-0.2, 0) is 10.2 Å². The second-order valence-electron chi connectivity index (χ2n) is 4.88. The van der Waals surface area contributed by atoms with Gasteiger partial charge >= 0.3 is 5.97 Å². The summed E-state index contributed by atoms with van der Waals surface area (Å²) in [6, 6.07) is 8.92. The normalized spacial score (nSPS) is 18.5. The van der Waals surface area contributed by atoms with Crippen molar-refractivity contribution in [3.8, 4) is 0 Å². The van der Waals surface area contributed by atoms with Crippen LogP contribution in [0.5, 0.6) is 0 Å². The van der Waals surface area contributed by atoms with E-state index in [-0.39, 0.29) is 5.41 Å². The Morgan fingerprint density at radius 3 is 2.83 bits per heavy atom. The molecule has 1 atom stereocenters. The molecular weight excluding hydrogens is 228 g/mol. The summed E-state index contributed by atoms with van der Waals surface area (Å²) in [7, 11) is 0. The fourth-order valence-corrected chi connectivity index (χ4v) is 2.54. The van der Waals surface area contributed by atoms with E-state index in [9.17, 15) is 4.79 Å². The third kappa shape index (κ3) is 1.57. The van der Waals surface area contributed by atoms with Crippen LogP contribution in [0, 0.1) is 0 Å². The summed E-state index contributed by atoms with van der Waals surface area (Å²) in [5, 5.41) is 10.1. The van der Waals surface area contributed by atoms with Gasteiger partial charge in [0.05, 0.1) is 5.52 Å². The minimum absolute atomic E-state index is 0.379. The Morgan fingerprint density at radius 1 is 1.39 bits per heavy atom. The summed E-state index contributed by atoms with van der Waals surface area (Å²) in [5.74, 6) is -0.932. The lowest BCUT2D eigenvalue weighted by Crippen LogP contribution is -2.41. The predicted molar refractivity (Wildman–Crippen MR) is 68.3 cm³/mol. The molecule has 0 radical (unpaired) electrons. The molecule has 0 spiro atoms. The Balaban J connectivity index is 2.07. The van der Waals surface area contributed by atoms with Crippen molar-refractivity contribution >= 4 is 16.9 Å². The van der Waals surface area contributed by atoms with Gasteiger partial charge in [0.15, 0.2) is 0 Å². The third-order valence-corrected chi connectivity index (χ3v) is 3.83. The lowest BCUT2D eigenvalue weighted by molar-refractivity contribution is -0.139. The summed E-state index contributed by atoms with van der Waals surface area (Å²) in [6.07, 6.45) is 3.43. The van der Waals surface area contributed by atoms with Crippen molar-refractivity contribution < 1.29 is 9.90 Å². The number of rotatable bonds is 3. The van der Waals surface area contributed by atoms with E-state index in [0.717, 1.165) is 29.3 Å². The molecule has 0 aliphatic heterocycles. The number of hydrogen-bond donors (Lipinski definition) is 2. The van der Waals surface area contributed by atoms with Gasteiger partial charge in [0.2, 0.25) is 0 Å². The number of hydrogen-bond acceptors (Lipinski definition) is 3. The smallest absolute Gasteiger partial charge is 0.321 e. The molecule has 3 N–H and O–H groups in total. The van der Waals surface area contributed by atoms with E-state index in [1.54, 1.807) is 6.20 Å². The fourth-order valence-electron chi connectivity index (χ4n) is 2.54. The molecule has 0 bridgehead atoms. The fraction of sp³-hybridized carbons (Fsp3) is 0.286. The zero-order valence-electron chi connectivity index (χ0n) is 9.84. The molecule has 3 rings (SSSR count). The maximum absolute atomic E-state index is 11.1. The predicted octanol–water partition coefficient (Wildman–Crippen LogP) is 1.68. The van der Waals surface area contributed by atoms with Crippen molar-refractivity contribution in [2.45, 2.75) is 24.3 Å². The van der Waals surface area contributed by atoms with Gasteiger partial charge in [-0.2, -0.15) is 0 Å². The lowest BCUT2D eigenvalue weighted by Gasteiger charge is -2.20. The molecule has 1 saturated carbocycles. The minimum Gasteiger partial charge on any atom is -0.480 e. The molecule has 1 aliphatic carbocycles. The number of nitrogens with two attached hydrogens (primary N) is 1. The number of pyridine rings is 1. The first-order chi connectivity index (χ1) is 8.63. The van der Waals surface area contributed by atoms with Crippen molar-refractivity contribution in [1.29, 1.82) is 0 Å². The molecule has 92 valence electrons. The quantitative estimate of drug-likeness (QED) is 0.858. The molecule has 4 heteroatoms.